The van der Waals surface area contributed by atoms with E-state index in [4.69, 9.17) is 18.9 Å². The number of benzene rings is 2. The minimum atomic E-state index is -0.515. The fraction of sp³-hybridized carbons (Fsp3) is 0.231. The van der Waals surface area contributed by atoms with Gasteiger partial charge in [0, 0.05) is 29.8 Å². The molecule has 10 nitrogen and oxygen atoms in total. The molecule has 1 amide bonds. The standard InChI is InChI=1S/C26H26N4O6/c1-33-20-7-6-17(23(11-20)35-3)15-30-24-18(14-29-30)10-19(13-27-24)25(31)28-12-16-5-8-22(34-2)21(9-16)26(32)36-4/h5-11,13-14H,12,15H2,1-4H3,(H,28,31). The van der Waals surface area contributed by atoms with Crippen LogP contribution in [0.25, 0.3) is 11.0 Å². The van der Waals surface area contributed by atoms with Gasteiger partial charge < -0.3 is 24.3 Å². The van der Waals surface area contributed by atoms with Crippen LogP contribution in [0, 0.1) is 0 Å². The minimum absolute atomic E-state index is 0.210. The van der Waals surface area contributed by atoms with Crippen molar-refractivity contribution in [3.05, 3.63) is 77.1 Å². The molecule has 186 valence electrons. The number of pyridine rings is 1. The summed E-state index contributed by atoms with van der Waals surface area (Å²) in [4.78, 5) is 29.2. The van der Waals surface area contributed by atoms with Crippen molar-refractivity contribution in [2.75, 3.05) is 28.4 Å². The molecule has 0 unspecified atom stereocenters. The van der Waals surface area contributed by atoms with Gasteiger partial charge in [0.1, 0.15) is 22.8 Å². The monoisotopic (exact) mass is 490 g/mol. The van der Waals surface area contributed by atoms with E-state index < -0.39 is 5.97 Å². The first-order valence-electron chi connectivity index (χ1n) is 11.0. The van der Waals surface area contributed by atoms with Crippen molar-refractivity contribution in [2.24, 2.45) is 0 Å². The summed E-state index contributed by atoms with van der Waals surface area (Å²) in [6.07, 6.45) is 3.18. The van der Waals surface area contributed by atoms with Crippen LogP contribution in [-0.2, 0) is 17.8 Å². The highest BCUT2D eigenvalue weighted by Crippen LogP contribution is 2.26. The number of hydrogen-bond acceptors (Lipinski definition) is 8. The Hall–Kier alpha value is -4.60. The lowest BCUT2D eigenvalue weighted by molar-refractivity contribution is 0.0597. The van der Waals surface area contributed by atoms with E-state index in [-0.39, 0.29) is 18.0 Å². The van der Waals surface area contributed by atoms with Crippen molar-refractivity contribution in [1.82, 2.24) is 20.1 Å². The van der Waals surface area contributed by atoms with E-state index in [1.54, 1.807) is 49.4 Å². The van der Waals surface area contributed by atoms with Gasteiger partial charge in [0.05, 0.1) is 46.7 Å². The number of hydrogen-bond donors (Lipinski definition) is 1. The predicted octanol–water partition coefficient (Wildman–Crippen LogP) is 3.22. The molecule has 0 fully saturated rings. The molecule has 0 spiro atoms. The fourth-order valence-corrected chi connectivity index (χ4v) is 3.77. The third kappa shape index (κ3) is 5.07. The number of amides is 1. The number of nitrogens with one attached hydrogen (secondary N) is 1. The van der Waals surface area contributed by atoms with Gasteiger partial charge in [0.2, 0.25) is 0 Å². The summed E-state index contributed by atoms with van der Waals surface area (Å²) in [7, 11) is 5.98. The van der Waals surface area contributed by atoms with Crippen LogP contribution in [0.3, 0.4) is 0 Å². The number of fused-ring (bicyclic) bond motifs is 1. The number of esters is 1. The molecule has 10 heteroatoms. The van der Waals surface area contributed by atoms with Crippen molar-refractivity contribution < 1.29 is 28.5 Å². The molecule has 2 aromatic carbocycles. The van der Waals surface area contributed by atoms with Gasteiger partial charge in [0.25, 0.3) is 5.91 Å². The zero-order valence-electron chi connectivity index (χ0n) is 20.4. The van der Waals surface area contributed by atoms with Crippen LogP contribution in [0.2, 0.25) is 0 Å². The minimum Gasteiger partial charge on any atom is -0.497 e. The van der Waals surface area contributed by atoms with Crippen molar-refractivity contribution in [2.45, 2.75) is 13.1 Å². The van der Waals surface area contributed by atoms with Crippen molar-refractivity contribution in [3.63, 3.8) is 0 Å². The molecular weight excluding hydrogens is 464 g/mol. The maximum Gasteiger partial charge on any atom is 0.341 e. The highest BCUT2D eigenvalue weighted by atomic mass is 16.5. The largest absolute Gasteiger partial charge is 0.497 e. The highest BCUT2D eigenvalue weighted by molar-refractivity contribution is 5.97. The summed E-state index contributed by atoms with van der Waals surface area (Å²) in [5.41, 5.74) is 2.96. The van der Waals surface area contributed by atoms with Crippen LogP contribution in [-0.4, -0.2) is 55.1 Å². The zero-order chi connectivity index (χ0) is 25.7. The van der Waals surface area contributed by atoms with Gasteiger partial charge >= 0.3 is 5.97 Å². The maximum atomic E-state index is 12.8. The smallest absolute Gasteiger partial charge is 0.341 e. The average molecular weight is 491 g/mol. The van der Waals surface area contributed by atoms with Gasteiger partial charge in [-0.05, 0) is 35.9 Å². The summed E-state index contributed by atoms with van der Waals surface area (Å²) in [5, 5.41) is 8.01. The number of ether oxygens (including phenoxy) is 4. The van der Waals surface area contributed by atoms with Gasteiger partial charge in [0.15, 0.2) is 5.65 Å². The Morgan fingerprint density at radius 3 is 2.44 bits per heavy atom. The van der Waals surface area contributed by atoms with E-state index in [2.05, 4.69) is 15.4 Å². The number of carbonyl (C=O) groups is 2. The maximum absolute atomic E-state index is 12.8. The van der Waals surface area contributed by atoms with Gasteiger partial charge in [-0.25, -0.2) is 14.5 Å². The summed E-state index contributed by atoms with van der Waals surface area (Å²) in [6.45, 7) is 0.649. The second-order valence-corrected chi connectivity index (χ2v) is 7.83. The van der Waals surface area contributed by atoms with E-state index in [1.807, 2.05) is 18.2 Å². The lowest BCUT2D eigenvalue weighted by Gasteiger charge is -2.11. The van der Waals surface area contributed by atoms with E-state index in [0.717, 1.165) is 16.5 Å². The van der Waals surface area contributed by atoms with Crippen LogP contribution >= 0.6 is 0 Å². The Morgan fingerprint density at radius 1 is 0.917 bits per heavy atom. The first-order valence-corrected chi connectivity index (χ1v) is 11.0. The van der Waals surface area contributed by atoms with Crippen molar-refractivity contribution in [1.29, 1.82) is 0 Å². The summed E-state index contributed by atoms with van der Waals surface area (Å²) in [5.74, 6) is 0.966. The lowest BCUT2D eigenvalue weighted by Crippen LogP contribution is -2.23. The number of rotatable bonds is 9. The van der Waals surface area contributed by atoms with Crippen molar-refractivity contribution >= 4 is 22.9 Å². The van der Waals surface area contributed by atoms with Crippen LogP contribution in [0.4, 0.5) is 0 Å². The normalized spacial score (nSPS) is 10.7. The third-order valence-corrected chi connectivity index (χ3v) is 5.67. The molecule has 4 aromatic rings. The Morgan fingerprint density at radius 2 is 1.72 bits per heavy atom. The van der Waals surface area contributed by atoms with Crippen LogP contribution in [0.15, 0.2) is 54.9 Å². The van der Waals surface area contributed by atoms with Gasteiger partial charge in [-0.3, -0.25) is 4.79 Å². The molecule has 0 saturated heterocycles. The summed E-state index contributed by atoms with van der Waals surface area (Å²) >= 11 is 0. The molecule has 0 bridgehead atoms. The number of nitrogens with zero attached hydrogens (tertiary/aromatic N) is 3. The molecule has 0 aliphatic carbocycles. The topological polar surface area (TPSA) is 114 Å². The SMILES string of the molecule is COC(=O)c1cc(CNC(=O)c2cnc3c(cnn3Cc3ccc(OC)cc3OC)c2)ccc1OC. The molecular formula is C26H26N4O6. The number of aromatic nitrogens is 3. The van der Waals surface area contributed by atoms with E-state index in [0.29, 0.717) is 35.0 Å². The van der Waals surface area contributed by atoms with Gasteiger partial charge in [-0.2, -0.15) is 5.10 Å². The first kappa shape index (κ1) is 24.5. The highest BCUT2D eigenvalue weighted by Gasteiger charge is 2.15. The molecule has 2 aromatic heterocycles. The molecule has 0 saturated carbocycles. The first-order chi connectivity index (χ1) is 17.5. The molecule has 2 heterocycles. The number of carbonyl (C=O) groups excluding carboxylic acids is 2. The third-order valence-electron chi connectivity index (χ3n) is 5.67. The number of methoxy groups -OCH3 is 4. The quantitative estimate of drug-likeness (QED) is 0.356. The Labute approximate surface area is 207 Å². The lowest BCUT2D eigenvalue weighted by atomic mass is 10.1. The summed E-state index contributed by atoms with van der Waals surface area (Å²) in [6, 6.07) is 12.4. The molecule has 0 atom stereocenters. The Bertz CT molecular complexity index is 1420. The summed E-state index contributed by atoms with van der Waals surface area (Å²) < 4.78 is 22.5. The van der Waals surface area contributed by atoms with E-state index in [1.165, 1.54) is 20.4 Å². The zero-order valence-corrected chi connectivity index (χ0v) is 20.4. The molecule has 0 aliphatic heterocycles. The molecule has 36 heavy (non-hydrogen) atoms. The Balaban J connectivity index is 1.48. The fourth-order valence-electron chi connectivity index (χ4n) is 3.77. The Kier molecular flexibility index (Phi) is 7.33. The van der Waals surface area contributed by atoms with Gasteiger partial charge in [-0.1, -0.05) is 6.07 Å². The van der Waals surface area contributed by atoms with Crippen LogP contribution in [0.5, 0.6) is 17.2 Å². The molecule has 0 aliphatic rings. The molecule has 4 rings (SSSR count). The van der Waals surface area contributed by atoms with Crippen LogP contribution in [0.1, 0.15) is 31.8 Å². The van der Waals surface area contributed by atoms with Crippen LogP contribution < -0.4 is 19.5 Å². The van der Waals surface area contributed by atoms with E-state index >= 15 is 0 Å². The second-order valence-electron chi connectivity index (χ2n) is 7.83. The molecule has 0 radical (unpaired) electrons. The second kappa shape index (κ2) is 10.8. The molecule has 1 N–H and O–H groups in total. The van der Waals surface area contributed by atoms with Gasteiger partial charge in [-0.15, -0.1) is 0 Å². The van der Waals surface area contributed by atoms with E-state index in [9.17, 15) is 9.59 Å². The van der Waals surface area contributed by atoms with Crippen molar-refractivity contribution in [3.8, 4) is 17.2 Å². The average Bonchev–Trinajstić information content (AvgIpc) is 3.33. The predicted molar refractivity (Wildman–Crippen MR) is 132 cm³/mol.